The molecule has 0 saturated heterocycles. The summed E-state index contributed by atoms with van der Waals surface area (Å²) in [6.45, 7) is 2.13. The molecular weight excluding hydrogens is 308 g/mol. The Bertz CT molecular complexity index is 710. The molecule has 0 heterocycles. The molecule has 0 amide bonds. The molecule has 0 fully saturated rings. The quantitative estimate of drug-likeness (QED) is 0.217. The molecule has 0 atom stereocenters. The van der Waals surface area contributed by atoms with Crippen molar-refractivity contribution in [1.29, 1.82) is 5.26 Å². The lowest BCUT2D eigenvalue weighted by molar-refractivity contribution is 0.531. The van der Waals surface area contributed by atoms with Gasteiger partial charge < -0.3 is 10.5 Å². The number of hydrogen-bond donors (Lipinski definition) is 2. The lowest BCUT2D eigenvalue weighted by Gasteiger charge is -2.08. The van der Waals surface area contributed by atoms with Crippen LogP contribution in [-0.4, -0.2) is 11.8 Å². The first-order valence-corrected chi connectivity index (χ1v) is 8.20. The van der Waals surface area contributed by atoms with Crippen molar-refractivity contribution in [3.63, 3.8) is 0 Å². The smallest absolute Gasteiger partial charge is 0.309 e. The molecule has 0 aliphatic heterocycles. The first kappa shape index (κ1) is 16.7. The van der Waals surface area contributed by atoms with Crippen LogP contribution in [0.4, 0.5) is 11.4 Å². The first-order valence-electron chi connectivity index (χ1n) is 7.22. The molecule has 2 rings (SSSR count). The Kier molecular flexibility index (Phi) is 6.33. The van der Waals surface area contributed by atoms with Gasteiger partial charge in [-0.15, -0.1) is 11.8 Å². The molecule has 0 aromatic heterocycles. The largest absolute Gasteiger partial charge is 0.425 e. The summed E-state index contributed by atoms with van der Waals surface area (Å²) in [6, 6.07) is 14.9. The van der Waals surface area contributed by atoms with Crippen LogP contribution in [0.2, 0.25) is 0 Å². The van der Waals surface area contributed by atoms with Gasteiger partial charge in [0.2, 0.25) is 0 Å². The number of nitrogen functional groups attached to an aromatic ring is 1. The van der Waals surface area contributed by atoms with Crippen molar-refractivity contribution in [2.24, 2.45) is 4.99 Å². The Balaban J connectivity index is 2.26. The number of aliphatic imine (C=N–C) groups is 1. The molecule has 0 aliphatic rings. The summed E-state index contributed by atoms with van der Waals surface area (Å²) in [5, 5.41) is 11.3. The number of nitriles is 1. The van der Waals surface area contributed by atoms with Crippen LogP contribution in [0.3, 0.4) is 0 Å². The second kappa shape index (κ2) is 8.71. The number of thioether (sulfide) groups is 1. The van der Waals surface area contributed by atoms with Crippen molar-refractivity contribution in [1.82, 2.24) is 5.32 Å². The van der Waals surface area contributed by atoms with Gasteiger partial charge in [-0.25, -0.2) is 5.32 Å². The maximum absolute atomic E-state index is 8.88. The Labute approximate surface area is 140 Å². The maximum atomic E-state index is 8.88. The van der Waals surface area contributed by atoms with E-state index in [1.165, 1.54) is 0 Å². The molecule has 3 N–H and O–H groups in total. The van der Waals surface area contributed by atoms with Crippen LogP contribution in [-0.2, 0) is 0 Å². The predicted octanol–water partition coefficient (Wildman–Crippen LogP) is 3.91. The van der Waals surface area contributed by atoms with E-state index in [0.717, 1.165) is 17.1 Å². The molecule has 5 nitrogen and oxygen atoms in total. The van der Waals surface area contributed by atoms with Crippen LogP contribution < -0.4 is 15.8 Å². The fourth-order valence-electron chi connectivity index (χ4n) is 1.76. The van der Waals surface area contributed by atoms with E-state index in [-0.39, 0.29) is 6.02 Å². The average molecular weight is 326 g/mol. The van der Waals surface area contributed by atoms with Gasteiger partial charge in [0.1, 0.15) is 5.75 Å². The molecule has 23 heavy (non-hydrogen) atoms. The van der Waals surface area contributed by atoms with E-state index in [1.807, 2.05) is 42.6 Å². The van der Waals surface area contributed by atoms with Gasteiger partial charge >= 0.3 is 6.02 Å². The van der Waals surface area contributed by atoms with Crippen LogP contribution in [0.1, 0.15) is 13.3 Å². The summed E-state index contributed by atoms with van der Waals surface area (Å²) in [5.74, 6) is 1.61. The number of amidine groups is 1. The van der Waals surface area contributed by atoms with Crippen LogP contribution in [0, 0.1) is 11.5 Å². The standard InChI is InChI=1S/C17H18N4OS/c1-2-10-23-14-8-9-15(19)16(11-14)21-17(20-12-18)22-13-6-4-3-5-7-13/h3-9,11H,2,10,19H2,1H3,(H,20,21). The number of anilines is 1. The summed E-state index contributed by atoms with van der Waals surface area (Å²) in [4.78, 5) is 5.41. The fourth-order valence-corrected chi connectivity index (χ4v) is 2.56. The highest BCUT2D eigenvalue weighted by Gasteiger charge is 2.06. The summed E-state index contributed by atoms with van der Waals surface area (Å²) in [5.41, 5.74) is 7.07. The number of benzene rings is 2. The molecule has 0 saturated carbocycles. The van der Waals surface area contributed by atoms with E-state index < -0.39 is 0 Å². The van der Waals surface area contributed by atoms with E-state index in [4.69, 9.17) is 15.7 Å². The average Bonchev–Trinajstić information content (AvgIpc) is 2.56. The third-order valence-electron chi connectivity index (χ3n) is 2.82. The highest BCUT2D eigenvalue weighted by molar-refractivity contribution is 7.99. The Morgan fingerprint density at radius 2 is 2.09 bits per heavy atom. The van der Waals surface area contributed by atoms with Gasteiger partial charge in [-0.3, -0.25) is 0 Å². The third-order valence-corrected chi connectivity index (χ3v) is 4.02. The molecule has 0 bridgehead atoms. The number of nitrogens with one attached hydrogen (secondary N) is 1. The number of nitrogens with zero attached hydrogens (tertiary/aromatic N) is 2. The summed E-state index contributed by atoms with van der Waals surface area (Å²) < 4.78 is 5.59. The Hall–Kier alpha value is -2.65. The predicted molar refractivity (Wildman–Crippen MR) is 94.8 cm³/mol. The van der Waals surface area contributed by atoms with Crippen molar-refractivity contribution in [3.8, 4) is 11.9 Å². The Morgan fingerprint density at radius 3 is 2.78 bits per heavy atom. The van der Waals surface area contributed by atoms with Crippen LogP contribution in [0.5, 0.6) is 5.75 Å². The van der Waals surface area contributed by atoms with E-state index in [2.05, 4.69) is 17.2 Å². The van der Waals surface area contributed by atoms with Crippen molar-refractivity contribution in [2.45, 2.75) is 18.2 Å². The third kappa shape index (κ3) is 5.24. The second-order valence-electron chi connectivity index (χ2n) is 4.64. The first-order chi connectivity index (χ1) is 11.2. The highest BCUT2D eigenvalue weighted by atomic mass is 32.2. The number of hydrogen-bond acceptors (Lipinski definition) is 5. The maximum Gasteiger partial charge on any atom is 0.309 e. The van der Waals surface area contributed by atoms with E-state index in [1.54, 1.807) is 23.9 Å². The lowest BCUT2D eigenvalue weighted by Crippen LogP contribution is -2.24. The van der Waals surface area contributed by atoms with E-state index >= 15 is 0 Å². The van der Waals surface area contributed by atoms with Gasteiger partial charge in [-0.05, 0) is 42.5 Å². The Morgan fingerprint density at radius 1 is 1.30 bits per heavy atom. The summed E-state index contributed by atoms with van der Waals surface area (Å²) >= 11 is 1.74. The number of ether oxygens (including phenoxy) is 1. The molecule has 2 aromatic carbocycles. The van der Waals surface area contributed by atoms with Crippen LogP contribution in [0.15, 0.2) is 58.4 Å². The molecule has 0 unspecified atom stereocenters. The van der Waals surface area contributed by atoms with Crippen molar-refractivity contribution in [3.05, 3.63) is 48.5 Å². The topological polar surface area (TPSA) is 83.4 Å². The number of nitrogens with two attached hydrogens (primary N) is 1. The van der Waals surface area contributed by atoms with Gasteiger partial charge in [0, 0.05) is 4.90 Å². The minimum Gasteiger partial charge on any atom is -0.425 e. The SMILES string of the molecule is CCCSc1ccc(N)c(N=C(NC#N)Oc2ccccc2)c1. The van der Waals surface area contributed by atoms with Crippen molar-refractivity contribution < 1.29 is 4.74 Å². The molecule has 0 aliphatic carbocycles. The molecule has 0 spiro atoms. The van der Waals surface area contributed by atoms with Gasteiger partial charge in [0.25, 0.3) is 0 Å². The van der Waals surface area contributed by atoms with Gasteiger partial charge in [-0.1, -0.05) is 25.1 Å². The molecule has 118 valence electrons. The van der Waals surface area contributed by atoms with Gasteiger partial charge in [0.15, 0.2) is 6.19 Å². The van der Waals surface area contributed by atoms with Gasteiger partial charge in [-0.2, -0.15) is 10.3 Å². The zero-order chi connectivity index (χ0) is 16.5. The van der Waals surface area contributed by atoms with Gasteiger partial charge in [0.05, 0.1) is 11.4 Å². The fraction of sp³-hybridized carbons (Fsp3) is 0.176. The number of rotatable bonds is 5. The summed E-state index contributed by atoms with van der Waals surface area (Å²) in [6.07, 6.45) is 2.91. The minimum atomic E-state index is 0.0861. The normalized spacial score (nSPS) is 10.9. The monoisotopic (exact) mass is 326 g/mol. The molecule has 2 aromatic rings. The lowest BCUT2D eigenvalue weighted by atomic mass is 10.3. The molecule has 0 radical (unpaired) electrons. The minimum absolute atomic E-state index is 0.0861. The number of para-hydroxylation sites is 1. The van der Waals surface area contributed by atoms with E-state index in [0.29, 0.717) is 17.1 Å². The van der Waals surface area contributed by atoms with E-state index in [9.17, 15) is 0 Å². The van der Waals surface area contributed by atoms with Crippen molar-refractivity contribution in [2.75, 3.05) is 11.5 Å². The highest BCUT2D eigenvalue weighted by Crippen LogP contribution is 2.29. The molecule has 6 heteroatoms. The van der Waals surface area contributed by atoms with Crippen molar-refractivity contribution >= 4 is 29.2 Å². The second-order valence-corrected chi connectivity index (χ2v) is 5.81. The molecular formula is C17H18N4OS. The van der Waals surface area contributed by atoms with Crippen LogP contribution in [0.25, 0.3) is 0 Å². The zero-order valence-electron chi connectivity index (χ0n) is 12.8. The zero-order valence-corrected chi connectivity index (χ0v) is 13.6. The summed E-state index contributed by atoms with van der Waals surface area (Å²) in [7, 11) is 0. The van der Waals surface area contributed by atoms with Crippen LogP contribution >= 0.6 is 11.8 Å².